The molecular weight excluding hydrogens is 369 g/mol. The van der Waals surface area contributed by atoms with E-state index in [0.29, 0.717) is 25.9 Å². The quantitative estimate of drug-likeness (QED) is 0.804. The lowest BCUT2D eigenvalue weighted by Gasteiger charge is -2.47. The molecule has 0 aromatic heterocycles. The molecule has 1 atom stereocenters. The minimum absolute atomic E-state index is 0.00515. The Bertz CT molecular complexity index is 751. The summed E-state index contributed by atoms with van der Waals surface area (Å²) < 4.78 is 39.5. The molecule has 3 fully saturated rings. The number of likely N-dealkylation sites (tertiary alicyclic amines) is 1. The number of aliphatic hydroxyl groups is 1. The van der Waals surface area contributed by atoms with Gasteiger partial charge in [0.2, 0.25) is 5.91 Å². The van der Waals surface area contributed by atoms with Crippen LogP contribution in [0.15, 0.2) is 18.2 Å². The maximum Gasteiger partial charge on any atom is 0.416 e. The third kappa shape index (κ3) is 3.66. The summed E-state index contributed by atoms with van der Waals surface area (Å²) in [5, 5.41) is 12.8. The van der Waals surface area contributed by atoms with E-state index < -0.39 is 18.0 Å². The number of amides is 1. The van der Waals surface area contributed by atoms with Crippen molar-refractivity contribution in [2.24, 2.45) is 5.92 Å². The van der Waals surface area contributed by atoms with Gasteiger partial charge in [-0.25, -0.2) is 0 Å². The number of carbonyl (C=O) groups is 1. The van der Waals surface area contributed by atoms with Crippen molar-refractivity contribution in [3.63, 3.8) is 0 Å². The Morgan fingerprint density at radius 1 is 1.21 bits per heavy atom. The van der Waals surface area contributed by atoms with Crippen molar-refractivity contribution in [2.75, 3.05) is 13.1 Å². The monoisotopic (exact) mass is 396 g/mol. The predicted octanol–water partition coefficient (Wildman–Crippen LogP) is 3.57. The molecule has 1 aliphatic carbocycles. The smallest absolute Gasteiger partial charge is 0.379 e. The highest BCUT2D eigenvalue weighted by atomic mass is 19.4. The van der Waals surface area contributed by atoms with Crippen LogP contribution in [0.3, 0.4) is 0 Å². The van der Waals surface area contributed by atoms with Gasteiger partial charge in [-0.1, -0.05) is 12.1 Å². The van der Waals surface area contributed by atoms with Crippen LogP contribution < -0.4 is 5.32 Å². The zero-order valence-electron chi connectivity index (χ0n) is 16.1. The van der Waals surface area contributed by atoms with Crippen LogP contribution in [0.5, 0.6) is 0 Å². The van der Waals surface area contributed by atoms with Crippen LogP contribution >= 0.6 is 0 Å². The van der Waals surface area contributed by atoms with E-state index in [2.05, 4.69) is 5.32 Å². The lowest BCUT2D eigenvalue weighted by atomic mass is 9.67. The topological polar surface area (TPSA) is 52.6 Å². The van der Waals surface area contributed by atoms with Crippen LogP contribution in [0.4, 0.5) is 13.2 Å². The Kier molecular flexibility index (Phi) is 4.94. The molecule has 2 N–H and O–H groups in total. The van der Waals surface area contributed by atoms with E-state index in [1.807, 2.05) is 4.90 Å². The molecule has 4 rings (SSSR count). The van der Waals surface area contributed by atoms with Crippen molar-refractivity contribution in [3.8, 4) is 0 Å². The molecule has 3 aliphatic rings. The zero-order valence-corrected chi connectivity index (χ0v) is 16.1. The molecule has 1 unspecified atom stereocenters. The van der Waals surface area contributed by atoms with Gasteiger partial charge in [-0.05, 0) is 68.6 Å². The molecule has 2 aliphatic heterocycles. The number of nitrogens with zero attached hydrogens (tertiary/aromatic N) is 1. The van der Waals surface area contributed by atoms with Gasteiger partial charge in [0.1, 0.15) is 6.23 Å². The first-order valence-electron chi connectivity index (χ1n) is 10.1. The van der Waals surface area contributed by atoms with E-state index in [0.717, 1.165) is 31.2 Å². The number of halogens is 3. The van der Waals surface area contributed by atoms with Gasteiger partial charge in [0.05, 0.1) is 5.56 Å². The highest BCUT2D eigenvalue weighted by molar-refractivity contribution is 5.80. The number of hydrogen-bond acceptors (Lipinski definition) is 3. The summed E-state index contributed by atoms with van der Waals surface area (Å²) in [6, 6.07) is 4.62. The number of hydrogen-bond donors (Lipinski definition) is 2. The van der Waals surface area contributed by atoms with Crippen molar-refractivity contribution < 1.29 is 23.1 Å². The van der Waals surface area contributed by atoms with E-state index in [9.17, 15) is 23.1 Å². The Morgan fingerprint density at radius 2 is 1.89 bits per heavy atom. The maximum atomic E-state index is 13.2. The molecule has 7 heteroatoms. The van der Waals surface area contributed by atoms with Crippen LogP contribution in [-0.2, 0) is 11.0 Å². The van der Waals surface area contributed by atoms with E-state index in [-0.39, 0.29) is 28.8 Å². The Morgan fingerprint density at radius 3 is 2.46 bits per heavy atom. The van der Waals surface area contributed by atoms with Gasteiger partial charge in [0.25, 0.3) is 0 Å². The second-order valence-electron chi connectivity index (χ2n) is 8.76. The number of alkyl halides is 3. The maximum absolute atomic E-state index is 13.2. The summed E-state index contributed by atoms with van der Waals surface area (Å²) in [5.74, 6) is 0.225. The molecule has 28 heavy (non-hydrogen) atoms. The minimum Gasteiger partial charge on any atom is -0.379 e. The molecular formula is C21H27F3N2O2. The molecule has 1 aromatic rings. The molecule has 1 aromatic carbocycles. The van der Waals surface area contributed by atoms with Crippen molar-refractivity contribution >= 4 is 5.91 Å². The van der Waals surface area contributed by atoms with Gasteiger partial charge < -0.3 is 10.0 Å². The molecule has 1 spiro atoms. The van der Waals surface area contributed by atoms with Crippen molar-refractivity contribution in [1.29, 1.82) is 0 Å². The molecule has 1 saturated carbocycles. The number of carbonyl (C=O) groups excluding carboxylic acids is 1. The second kappa shape index (κ2) is 7.02. The minimum atomic E-state index is -4.33. The van der Waals surface area contributed by atoms with Crippen LogP contribution in [0.25, 0.3) is 0 Å². The number of nitrogens with one attached hydrogen (secondary N) is 1. The van der Waals surface area contributed by atoms with Crippen LogP contribution in [0, 0.1) is 12.8 Å². The molecule has 4 nitrogen and oxygen atoms in total. The molecule has 0 radical (unpaired) electrons. The first kappa shape index (κ1) is 19.7. The largest absolute Gasteiger partial charge is 0.416 e. The summed E-state index contributed by atoms with van der Waals surface area (Å²) in [4.78, 5) is 14.6. The third-order valence-electron chi connectivity index (χ3n) is 6.84. The van der Waals surface area contributed by atoms with E-state index in [1.165, 1.54) is 13.0 Å². The highest BCUT2D eigenvalue weighted by Crippen LogP contribution is 2.46. The molecule has 1 amide bonds. The van der Waals surface area contributed by atoms with Crippen molar-refractivity contribution in [2.45, 2.75) is 69.3 Å². The van der Waals surface area contributed by atoms with Gasteiger partial charge in [-0.15, -0.1) is 0 Å². The fourth-order valence-corrected chi connectivity index (χ4v) is 5.18. The summed E-state index contributed by atoms with van der Waals surface area (Å²) in [7, 11) is 0. The van der Waals surface area contributed by atoms with Gasteiger partial charge >= 0.3 is 6.18 Å². The number of piperidine rings is 1. The molecule has 2 saturated heterocycles. The second-order valence-corrected chi connectivity index (χ2v) is 8.76. The SMILES string of the molecule is Cc1ccc(C2CCN(C(=O)C3CC4(CCC(O)N4)C3)CC2)cc1C(F)(F)F. The molecule has 154 valence electrons. The highest BCUT2D eigenvalue weighted by Gasteiger charge is 2.51. The van der Waals surface area contributed by atoms with Crippen LogP contribution in [0.2, 0.25) is 0 Å². The fourth-order valence-electron chi connectivity index (χ4n) is 5.18. The van der Waals surface area contributed by atoms with Gasteiger partial charge in [-0.2, -0.15) is 13.2 Å². The average molecular weight is 396 g/mol. The predicted molar refractivity (Wildman–Crippen MR) is 98.6 cm³/mol. The Labute approximate surface area is 163 Å². The number of rotatable bonds is 2. The van der Waals surface area contributed by atoms with Crippen molar-refractivity contribution in [1.82, 2.24) is 10.2 Å². The summed E-state index contributed by atoms with van der Waals surface area (Å²) in [6.07, 6.45) is -0.202. The van der Waals surface area contributed by atoms with Gasteiger partial charge in [0, 0.05) is 24.5 Å². The first-order valence-corrected chi connectivity index (χ1v) is 10.1. The lowest BCUT2D eigenvalue weighted by molar-refractivity contribution is -0.142. The number of aryl methyl sites for hydroxylation is 1. The summed E-state index contributed by atoms with van der Waals surface area (Å²) in [6.45, 7) is 2.67. The van der Waals surface area contributed by atoms with Crippen LogP contribution in [-0.4, -0.2) is 40.8 Å². The zero-order chi connectivity index (χ0) is 20.1. The Balaban J connectivity index is 1.33. The standard InChI is InChI=1S/C21H27F3N2O2/c1-13-2-3-15(10-17(13)21(22,23)24)14-5-8-26(9-6-14)19(28)16-11-20(12-16)7-4-18(27)25-20/h2-3,10,14,16,18,25,27H,4-9,11-12H2,1H3. The number of benzene rings is 1. The fraction of sp³-hybridized carbons (Fsp3) is 0.667. The van der Waals surface area contributed by atoms with Crippen LogP contribution in [0.1, 0.15) is 61.1 Å². The lowest BCUT2D eigenvalue weighted by Crippen LogP contribution is -2.57. The molecule has 0 bridgehead atoms. The average Bonchev–Trinajstić information content (AvgIpc) is 3.02. The van der Waals surface area contributed by atoms with Crippen molar-refractivity contribution in [3.05, 3.63) is 34.9 Å². The summed E-state index contributed by atoms with van der Waals surface area (Å²) in [5.41, 5.74) is 0.341. The van der Waals surface area contributed by atoms with Gasteiger partial charge in [0.15, 0.2) is 0 Å². The molecule has 2 heterocycles. The third-order valence-corrected chi connectivity index (χ3v) is 6.84. The summed E-state index contributed by atoms with van der Waals surface area (Å²) >= 11 is 0. The normalized spacial score (nSPS) is 31.2. The Hall–Kier alpha value is -1.60. The van der Waals surface area contributed by atoms with E-state index in [4.69, 9.17) is 0 Å². The number of aliphatic hydroxyl groups excluding tert-OH is 1. The van der Waals surface area contributed by atoms with E-state index >= 15 is 0 Å². The first-order chi connectivity index (χ1) is 13.2. The van der Waals surface area contributed by atoms with E-state index in [1.54, 1.807) is 12.1 Å². The van der Waals surface area contributed by atoms with Gasteiger partial charge in [-0.3, -0.25) is 10.1 Å².